The lowest BCUT2D eigenvalue weighted by molar-refractivity contribution is -0.133. The van der Waals surface area contributed by atoms with Crippen LogP contribution in [0.2, 0.25) is 0 Å². The van der Waals surface area contributed by atoms with Gasteiger partial charge in [-0.05, 0) is 25.0 Å². The molecule has 1 amide bonds. The van der Waals surface area contributed by atoms with Crippen LogP contribution in [0.25, 0.3) is 0 Å². The first-order valence-corrected chi connectivity index (χ1v) is 6.42. The zero-order chi connectivity index (χ0) is 13.1. The fourth-order valence-electron chi connectivity index (χ4n) is 2.27. The number of benzene rings is 1. The molecule has 1 saturated heterocycles. The van der Waals surface area contributed by atoms with Gasteiger partial charge in [-0.3, -0.25) is 9.59 Å². The van der Waals surface area contributed by atoms with E-state index in [9.17, 15) is 9.59 Å². The Bertz CT molecular complexity index is 469. The average Bonchev–Trinajstić information content (AvgIpc) is 2.34. The number of nitrogens with zero attached hydrogens (tertiary/aromatic N) is 1. The average molecular weight is 245 g/mol. The quantitative estimate of drug-likeness (QED) is 0.799. The van der Waals surface area contributed by atoms with Gasteiger partial charge in [0.2, 0.25) is 5.91 Å². The number of hydrogen-bond acceptors (Lipinski definition) is 2. The van der Waals surface area contributed by atoms with Crippen LogP contribution in [0.5, 0.6) is 0 Å². The van der Waals surface area contributed by atoms with Gasteiger partial charge in [-0.2, -0.15) is 0 Å². The van der Waals surface area contributed by atoms with E-state index in [4.69, 9.17) is 0 Å². The molecule has 1 aromatic carbocycles. The number of hydrogen-bond donors (Lipinski definition) is 0. The monoisotopic (exact) mass is 245 g/mol. The molecule has 96 valence electrons. The molecule has 0 unspecified atom stereocenters. The summed E-state index contributed by atoms with van der Waals surface area (Å²) in [4.78, 5) is 25.1. The molecular weight excluding hydrogens is 226 g/mol. The molecule has 1 aromatic rings. The number of rotatable bonds is 2. The molecule has 3 nitrogen and oxygen atoms in total. The Morgan fingerprint density at radius 2 is 1.89 bits per heavy atom. The molecule has 0 atom stereocenters. The van der Waals surface area contributed by atoms with Gasteiger partial charge >= 0.3 is 0 Å². The lowest BCUT2D eigenvalue weighted by Crippen LogP contribution is -2.39. The molecular formula is C15H19NO2. The highest BCUT2D eigenvalue weighted by atomic mass is 16.2. The van der Waals surface area contributed by atoms with Gasteiger partial charge in [0.1, 0.15) is 5.78 Å². The third-order valence-corrected chi connectivity index (χ3v) is 3.52. The Morgan fingerprint density at radius 1 is 1.22 bits per heavy atom. The van der Waals surface area contributed by atoms with E-state index in [1.54, 1.807) is 0 Å². The molecule has 1 heterocycles. The minimum atomic E-state index is 0.135. The number of amides is 1. The second-order valence-electron chi connectivity index (χ2n) is 5.03. The summed E-state index contributed by atoms with van der Waals surface area (Å²) in [6, 6.07) is 6.18. The number of Topliss-reactive ketones (excluding diaryl/α,β-unsaturated/α-hetero) is 1. The second kappa shape index (κ2) is 5.34. The highest BCUT2D eigenvalue weighted by molar-refractivity contribution is 5.84. The van der Waals surface area contributed by atoms with Crippen molar-refractivity contribution in [2.45, 2.75) is 33.1 Å². The van der Waals surface area contributed by atoms with E-state index >= 15 is 0 Å². The molecule has 0 aromatic heterocycles. The summed E-state index contributed by atoms with van der Waals surface area (Å²) >= 11 is 0. The maximum Gasteiger partial charge on any atom is 0.227 e. The standard InChI is InChI=1S/C15H19NO2/c1-11-3-4-12(2)13(9-11)10-15(18)16-7-5-14(17)6-8-16/h3-4,9H,5-8,10H2,1-2H3. The first kappa shape index (κ1) is 12.8. The van der Waals surface area contributed by atoms with E-state index in [0.29, 0.717) is 32.4 Å². The zero-order valence-corrected chi connectivity index (χ0v) is 11.0. The van der Waals surface area contributed by atoms with E-state index in [2.05, 4.69) is 18.2 Å². The molecule has 1 aliphatic heterocycles. The fourth-order valence-corrected chi connectivity index (χ4v) is 2.27. The largest absolute Gasteiger partial charge is 0.342 e. The number of aryl methyl sites for hydroxylation is 2. The van der Waals surface area contributed by atoms with Gasteiger partial charge in [0.05, 0.1) is 6.42 Å². The highest BCUT2D eigenvalue weighted by Crippen LogP contribution is 2.14. The van der Waals surface area contributed by atoms with E-state index in [1.807, 2.05) is 18.7 Å². The van der Waals surface area contributed by atoms with Gasteiger partial charge in [0, 0.05) is 25.9 Å². The van der Waals surface area contributed by atoms with Gasteiger partial charge < -0.3 is 4.90 Å². The van der Waals surface area contributed by atoms with Crippen LogP contribution in [0.1, 0.15) is 29.5 Å². The number of ketones is 1. The summed E-state index contributed by atoms with van der Waals surface area (Å²) in [5.41, 5.74) is 3.43. The van der Waals surface area contributed by atoms with E-state index < -0.39 is 0 Å². The number of carbonyl (C=O) groups is 2. The van der Waals surface area contributed by atoms with Gasteiger partial charge in [0.25, 0.3) is 0 Å². The Kier molecular flexibility index (Phi) is 3.80. The van der Waals surface area contributed by atoms with Crippen LogP contribution in [0.15, 0.2) is 18.2 Å². The van der Waals surface area contributed by atoms with Crippen LogP contribution in [-0.2, 0) is 16.0 Å². The van der Waals surface area contributed by atoms with Crippen molar-refractivity contribution in [1.82, 2.24) is 4.90 Å². The first-order chi connectivity index (χ1) is 8.56. The topological polar surface area (TPSA) is 37.4 Å². The molecule has 0 spiro atoms. The molecule has 1 fully saturated rings. The molecule has 18 heavy (non-hydrogen) atoms. The van der Waals surface area contributed by atoms with Crippen molar-refractivity contribution in [3.63, 3.8) is 0 Å². The lowest BCUT2D eigenvalue weighted by atomic mass is 10.0. The summed E-state index contributed by atoms with van der Waals surface area (Å²) < 4.78 is 0. The highest BCUT2D eigenvalue weighted by Gasteiger charge is 2.21. The molecule has 0 radical (unpaired) electrons. The SMILES string of the molecule is Cc1ccc(C)c(CC(=O)N2CCC(=O)CC2)c1. The maximum absolute atomic E-state index is 12.2. The summed E-state index contributed by atoms with van der Waals surface area (Å²) in [6.45, 7) is 5.24. The molecule has 1 aliphatic rings. The minimum Gasteiger partial charge on any atom is -0.342 e. The van der Waals surface area contributed by atoms with Crippen molar-refractivity contribution in [1.29, 1.82) is 0 Å². The van der Waals surface area contributed by atoms with Crippen LogP contribution < -0.4 is 0 Å². The molecule has 0 N–H and O–H groups in total. The van der Waals surface area contributed by atoms with Gasteiger partial charge in [-0.1, -0.05) is 23.8 Å². The predicted octanol–water partition coefficient (Wildman–Crippen LogP) is 2.04. The lowest BCUT2D eigenvalue weighted by Gasteiger charge is -2.26. The number of likely N-dealkylation sites (tertiary alicyclic amines) is 1. The first-order valence-electron chi connectivity index (χ1n) is 6.42. The van der Waals surface area contributed by atoms with Crippen molar-refractivity contribution in [3.05, 3.63) is 34.9 Å². The fraction of sp³-hybridized carbons (Fsp3) is 0.467. The Hall–Kier alpha value is -1.64. The van der Waals surface area contributed by atoms with Gasteiger partial charge in [-0.25, -0.2) is 0 Å². The van der Waals surface area contributed by atoms with Crippen molar-refractivity contribution in [3.8, 4) is 0 Å². The van der Waals surface area contributed by atoms with Crippen molar-refractivity contribution in [2.24, 2.45) is 0 Å². The van der Waals surface area contributed by atoms with Crippen LogP contribution in [0, 0.1) is 13.8 Å². The van der Waals surface area contributed by atoms with Crippen molar-refractivity contribution in [2.75, 3.05) is 13.1 Å². The molecule has 0 saturated carbocycles. The van der Waals surface area contributed by atoms with E-state index in [1.165, 1.54) is 5.56 Å². The van der Waals surface area contributed by atoms with Crippen LogP contribution in [-0.4, -0.2) is 29.7 Å². The van der Waals surface area contributed by atoms with Crippen LogP contribution in [0.4, 0.5) is 0 Å². The smallest absolute Gasteiger partial charge is 0.227 e. The Labute approximate surface area is 108 Å². The normalized spacial score (nSPS) is 15.9. The number of carbonyl (C=O) groups excluding carboxylic acids is 2. The van der Waals surface area contributed by atoms with Gasteiger partial charge in [0.15, 0.2) is 0 Å². The summed E-state index contributed by atoms with van der Waals surface area (Å²) in [6.07, 6.45) is 1.47. The zero-order valence-electron chi connectivity index (χ0n) is 11.0. The van der Waals surface area contributed by atoms with Crippen LogP contribution in [0.3, 0.4) is 0 Å². The predicted molar refractivity (Wildman–Crippen MR) is 70.4 cm³/mol. The summed E-state index contributed by atoms with van der Waals surface area (Å²) in [7, 11) is 0. The number of piperidine rings is 1. The third kappa shape index (κ3) is 2.97. The van der Waals surface area contributed by atoms with Gasteiger partial charge in [-0.15, -0.1) is 0 Å². The summed E-state index contributed by atoms with van der Waals surface area (Å²) in [5.74, 6) is 0.405. The second-order valence-corrected chi connectivity index (χ2v) is 5.03. The molecule has 0 aliphatic carbocycles. The van der Waals surface area contributed by atoms with Crippen molar-refractivity contribution < 1.29 is 9.59 Å². The Balaban J connectivity index is 2.02. The maximum atomic E-state index is 12.2. The van der Waals surface area contributed by atoms with E-state index in [-0.39, 0.29) is 11.7 Å². The minimum absolute atomic E-state index is 0.135. The van der Waals surface area contributed by atoms with Crippen LogP contribution >= 0.6 is 0 Å². The Morgan fingerprint density at radius 3 is 2.56 bits per heavy atom. The van der Waals surface area contributed by atoms with Crippen molar-refractivity contribution >= 4 is 11.7 Å². The molecule has 2 rings (SSSR count). The molecule has 3 heteroatoms. The third-order valence-electron chi connectivity index (χ3n) is 3.52. The molecule has 0 bridgehead atoms. The summed E-state index contributed by atoms with van der Waals surface area (Å²) in [5, 5.41) is 0. The van der Waals surface area contributed by atoms with E-state index in [0.717, 1.165) is 11.1 Å².